The number of hydrogen-bond acceptors (Lipinski definition) is 4. The third-order valence-electron chi connectivity index (χ3n) is 3.06. The van der Waals surface area contributed by atoms with E-state index in [-0.39, 0.29) is 12.6 Å². The van der Waals surface area contributed by atoms with Gasteiger partial charge < -0.3 is 15.7 Å². The predicted molar refractivity (Wildman–Crippen MR) is 82.9 cm³/mol. The Labute approximate surface area is 128 Å². The molecule has 0 saturated carbocycles. The van der Waals surface area contributed by atoms with E-state index in [1.165, 1.54) is 0 Å². The third-order valence-corrected chi connectivity index (χ3v) is 4.10. The largest absolute Gasteiger partial charge is 0.392 e. The normalized spacial score (nSPS) is 10.4. The van der Waals surface area contributed by atoms with Crippen molar-refractivity contribution in [1.82, 2.24) is 15.6 Å². The van der Waals surface area contributed by atoms with Crippen molar-refractivity contribution in [2.75, 3.05) is 0 Å². The Balaban J connectivity index is 1.79. The number of aliphatic hydroxyl groups excluding tert-OH is 1. The molecule has 3 N–H and O–H groups in total. The smallest absolute Gasteiger partial charge is 0.315 e. The minimum atomic E-state index is -0.242. The fourth-order valence-corrected chi connectivity index (χ4v) is 2.63. The maximum Gasteiger partial charge on any atom is 0.315 e. The lowest BCUT2D eigenvalue weighted by Gasteiger charge is -2.09. The van der Waals surface area contributed by atoms with Crippen LogP contribution in [-0.4, -0.2) is 16.1 Å². The molecule has 112 valence electrons. The molecule has 6 heteroatoms. The van der Waals surface area contributed by atoms with E-state index in [0.29, 0.717) is 13.1 Å². The molecule has 2 rings (SSSR count). The molecule has 0 radical (unpaired) electrons. The number of hydrogen-bond donors (Lipinski definition) is 3. The molecule has 21 heavy (non-hydrogen) atoms. The van der Waals surface area contributed by atoms with Gasteiger partial charge in [-0.25, -0.2) is 9.78 Å². The van der Waals surface area contributed by atoms with Crippen molar-refractivity contribution in [2.45, 2.75) is 33.0 Å². The number of urea groups is 1. The van der Waals surface area contributed by atoms with Gasteiger partial charge in [-0.1, -0.05) is 31.2 Å². The highest BCUT2D eigenvalue weighted by Gasteiger charge is 2.05. The van der Waals surface area contributed by atoms with Gasteiger partial charge in [0.1, 0.15) is 0 Å². The molecule has 1 aromatic heterocycles. The van der Waals surface area contributed by atoms with E-state index >= 15 is 0 Å². The van der Waals surface area contributed by atoms with E-state index in [1.54, 1.807) is 11.3 Å². The zero-order chi connectivity index (χ0) is 15.1. The zero-order valence-electron chi connectivity index (χ0n) is 11.9. The summed E-state index contributed by atoms with van der Waals surface area (Å²) >= 11 is 1.61. The molecule has 0 fully saturated rings. The summed E-state index contributed by atoms with van der Waals surface area (Å²) < 4.78 is 0. The van der Waals surface area contributed by atoms with E-state index in [4.69, 9.17) is 0 Å². The minimum absolute atomic E-state index is 0.0297. The van der Waals surface area contributed by atoms with Crippen LogP contribution >= 0.6 is 11.3 Å². The van der Waals surface area contributed by atoms with Crippen molar-refractivity contribution >= 4 is 17.4 Å². The Hall–Kier alpha value is -1.92. The number of aryl methyl sites for hydroxylation is 1. The van der Waals surface area contributed by atoms with E-state index in [9.17, 15) is 9.90 Å². The molecule has 0 bridgehead atoms. The molecule has 2 amide bonds. The Morgan fingerprint density at radius 1 is 1.24 bits per heavy atom. The van der Waals surface area contributed by atoms with Crippen LogP contribution in [-0.2, 0) is 26.1 Å². The fraction of sp³-hybridized carbons (Fsp3) is 0.333. The quantitative estimate of drug-likeness (QED) is 0.766. The molecule has 2 aromatic rings. The Bertz CT molecular complexity index is 598. The van der Waals surface area contributed by atoms with E-state index in [1.807, 2.05) is 29.6 Å². The highest BCUT2D eigenvalue weighted by atomic mass is 32.1. The van der Waals surface area contributed by atoms with Crippen LogP contribution in [0.1, 0.15) is 28.8 Å². The lowest BCUT2D eigenvalue weighted by Crippen LogP contribution is -2.34. The first kappa shape index (κ1) is 15.5. The molecule has 1 aromatic carbocycles. The maximum atomic E-state index is 11.8. The van der Waals surface area contributed by atoms with Crippen LogP contribution in [0.15, 0.2) is 29.6 Å². The SMILES string of the molecule is CCc1nc(CNC(=O)NCc2ccccc2CO)cs1. The first-order chi connectivity index (χ1) is 10.2. The molecule has 0 spiro atoms. The number of nitrogens with zero attached hydrogens (tertiary/aromatic N) is 1. The van der Waals surface area contributed by atoms with Gasteiger partial charge in [0.05, 0.1) is 23.9 Å². The summed E-state index contributed by atoms with van der Waals surface area (Å²) in [4.78, 5) is 16.1. The summed E-state index contributed by atoms with van der Waals surface area (Å²) in [5, 5.41) is 17.8. The van der Waals surface area contributed by atoms with Crippen LogP contribution in [0.2, 0.25) is 0 Å². The van der Waals surface area contributed by atoms with E-state index in [2.05, 4.69) is 22.5 Å². The van der Waals surface area contributed by atoms with Crippen LogP contribution in [0.3, 0.4) is 0 Å². The van der Waals surface area contributed by atoms with E-state index in [0.717, 1.165) is 28.2 Å². The monoisotopic (exact) mass is 305 g/mol. The van der Waals surface area contributed by atoms with Crippen LogP contribution in [0.4, 0.5) is 4.79 Å². The van der Waals surface area contributed by atoms with Gasteiger partial charge in [-0.3, -0.25) is 0 Å². The summed E-state index contributed by atoms with van der Waals surface area (Å²) in [5.74, 6) is 0. The molecule has 0 saturated heterocycles. The summed E-state index contributed by atoms with van der Waals surface area (Å²) in [6, 6.07) is 7.24. The summed E-state index contributed by atoms with van der Waals surface area (Å²) in [7, 11) is 0. The van der Waals surface area contributed by atoms with Crippen molar-refractivity contribution in [1.29, 1.82) is 0 Å². The summed E-state index contributed by atoms with van der Waals surface area (Å²) in [6.07, 6.45) is 0.912. The van der Waals surface area contributed by atoms with Crippen LogP contribution in [0.25, 0.3) is 0 Å². The number of aliphatic hydroxyl groups is 1. The lowest BCUT2D eigenvalue weighted by atomic mass is 10.1. The second-order valence-corrected chi connectivity index (χ2v) is 5.49. The van der Waals surface area contributed by atoms with Gasteiger partial charge in [-0.15, -0.1) is 11.3 Å². The molecule has 0 aliphatic rings. The van der Waals surface area contributed by atoms with Crippen molar-refractivity contribution in [2.24, 2.45) is 0 Å². The van der Waals surface area contributed by atoms with Gasteiger partial charge in [-0.2, -0.15) is 0 Å². The first-order valence-corrected chi connectivity index (χ1v) is 7.73. The lowest BCUT2D eigenvalue weighted by molar-refractivity contribution is 0.239. The molecule has 0 aliphatic carbocycles. The van der Waals surface area contributed by atoms with Crippen molar-refractivity contribution in [3.05, 3.63) is 51.5 Å². The fourth-order valence-electron chi connectivity index (χ4n) is 1.89. The number of rotatable bonds is 6. The number of aromatic nitrogens is 1. The zero-order valence-corrected chi connectivity index (χ0v) is 12.7. The van der Waals surface area contributed by atoms with Crippen molar-refractivity contribution in [3.63, 3.8) is 0 Å². The van der Waals surface area contributed by atoms with E-state index < -0.39 is 0 Å². The molecular weight excluding hydrogens is 286 g/mol. The third kappa shape index (κ3) is 4.54. The Morgan fingerprint density at radius 2 is 1.95 bits per heavy atom. The van der Waals surface area contributed by atoms with Crippen LogP contribution < -0.4 is 10.6 Å². The standard InChI is InChI=1S/C15H19N3O2S/c1-2-14-18-13(10-21-14)8-17-15(20)16-7-11-5-3-4-6-12(11)9-19/h3-6,10,19H,2,7-9H2,1H3,(H2,16,17,20). The highest BCUT2D eigenvalue weighted by molar-refractivity contribution is 7.09. The Morgan fingerprint density at radius 3 is 2.62 bits per heavy atom. The number of carbonyl (C=O) groups excluding carboxylic acids is 1. The Kier molecular flexibility index (Phi) is 5.71. The van der Waals surface area contributed by atoms with Gasteiger partial charge in [0, 0.05) is 11.9 Å². The maximum absolute atomic E-state index is 11.8. The number of thiazole rings is 1. The minimum Gasteiger partial charge on any atom is -0.392 e. The predicted octanol–water partition coefficient (Wildman–Crippen LogP) is 2.20. The summed E-state index contributed by atoms with van der Waals surface area (Å²) in [6.45, 7) is 2.84. The van der Waals surface area contributed by atoms with Crippen LogP contribution in [0.5, 0.6) is 0 Å². The molecule has 0 unspecified atom stereocenters. The number of carbonyl (C=O) groups is 1. The van der Waals surface area contributed by atoms with Gasteiger partial charge in [0.2, 0.25) is 0 Å². The number of nitrogens with one attached hydrogen (secondary N) is 2. The molecule has 0 atom stereocenters. The van der Waals surface area contributed by atoms with Crippen molar-refractivity contribution < 1.29 is 9.90 Å². The van der Waals surface area contributed by atoms with Gasteiger partial charge in [0.15, 0.2) is 0 Å². The number of benzene rings is 1. The first-order valence-electron chi connectivity index (χ1n) is 6.85. The molecule has 5 nitrogen and oxygen atoms in total. The van der Waals surface area contributed by atoms with Gasteiger partial charge in [-0.05, 0) is 17.5 Å². The van der Waals surface area contributed by atoms with Gasteiger partial charge in [0.25, 0.3) is 0 Å². The number of amides is 2. The summed E-state index contributed by atoms with van der Waals surface area (Å²) in [5.41, 5.74) is 2.62. The second-order valence-electron chi connectivity index (χ2n) is 4.55. The highest BCUT2D eigenvalue weighted by Crippen LogP contribution is 2.10. The topological polar surface area (TPSA) is 74.2 Å². The average molecular weight is 305 g/mol. The van der Waals surface area contributed by atoms with Gasteiger partial charge >= 0.3 is 6.03 Å². The average Bonchev–Trinajstić information content (AvgIpc) is 2.99. The van der Waals surface area contributed by atoms with Crippen molar-refractivity contribution in [3.8, 4) is 0 Å². The molecular formula is C15H19N3O2S. The molecule has 1 heterocycles. The van der Waals surface area contributed by atoms with Crippen LogP contribution in [0, 0.1) is 0 Å². The molecule has 0 aliphatic heterocycles. The second kappa shape index (κ2) is 7.75.